The van der Waals surface area contributed by atoms with Crippen LogP contribution in [0.3, 0.4) is 0 Å². The molecular weight excluding hydrogens is 330 g/mol. The van der Waals surface area contributed by atoms with Gasteiger partial charge >= 0.3 is 0 Å². The second-order valence-corrected chi connectivity index (χ2v) is 5.53. The van der Waals surface area contributed by atoms with Crippen molar-refractivity contribution in [3.63, 3.8) is 0 Å². The molecule has 0 saturated heterocycles. The summed E-state index contributed by atoms with van der Waals surface area (Å²) in [6, 6.07) is 15.3. The number of ether oxygens (including phenoxy) is 1. The van der Waals surface area contributed by atoms with Gasteiger partial charge in [-0.1, -0.05) is 0 Å². The average Bonchev–Trinajstić information content (AvgIpc) is 2.68. The second-order valence-electron chi connectivity index (χ2n) is 5.53. The van der Waals surface area contributed by atoms with Gasteiger partial charge in [0, 0.05) is 24.3 Å². The Bertz CT molecular complexity index is 789. The Hall–Kier alpha value is -3.33. The topological polar surface area (TPSA) is 82.4 Å². The maximum Gasteiger partial charge on any atom is 0.262 e. The summed E-state index contributed by atoms with van der Waals surface area (Å²) in [5.74, 6) is 0.175. The summed E-state index contributed by atoms with van der Waals surface area (Å²) in [6.45, 7) is 5.03. The highest BCUT2D eigenvalue weighted by Gasteiger charge is 2.12. The van der Waals surface area contributed by atoms with Crippen LogP contribution in [-0.4, -0.2) is 36.4 Å². The molecule has 2 aromatic rings. The molecule has 134 valence electrons. The number of carbonyl (C=O) groups is 2. The summed E-state index contributed by atoms with van der Waals surface area (Å²) in [4.78, 5) is 25.9. The van der Waals surface area contributed by atoms with Crippen molar-refractivity contribution >= 4 is 17.5 Å². The quantitative estimate of drug-likeness (QED) is 0.831. The molecule has 0 aliphatic heterocycles. The molecule has 2 aromatic carbocycles. The Morgan fingerprint density at radius 1 is 1.04 bits per heavy atom. The number of rotatable bonds is 7. The summed E-state index contributed by atoms with van der Waals surface area (Å²) >= 11 is 0. The fourth-order valence-corrected chi connectivity index (χ4v) is 2.36. The minimum absolute atomic E-state index is 0.0305. The van der Waals surface area contributed by atoms with E-state index < -0.39 is 0 Å². The van der Waals surface area contributed by atoms with Gasteiger partial charge in [-0.05, 0) is 62.4 Å². The van der Waals surface area contributed by atoms with Crippen molar-refractivity contribution in [3.05, 3.63) is 59.7 Å². The third kappa shape index (κ3) is 5.08. The molecule has 0 heterocycles. The molecule has 2 rings (SSSR count). The molecule has 26 heavy (non-hydrogen) atoms. The van der Waals surface area contributed by atoms with E-state index in [0.717, 1.165) is 0 Å². The number of amides is 2. The summed E-state index contributed by atoms with van der Waals surface area (Å²) in [7, 11) is 0. The van der Waals surface area contributed by atoms with E-state index in [1.54, 1.807) is 53.4 Å². The molecule has 2 amide bonds. The van der Waals surface area contributed by atoms with Crippen LogP contribution in [0.1, 0.15) is 29.8 Å². The van der Waals surface area contributed by atoms with Gasteiger partial charge in [0.05, 0.1) is 11.6 Å². The fraction of sp³-hybridized carbons (Fsp3) is 0.250. The summed E-state index contributed by atoms with van der Waals surface area (Å²) in [5, 5.41) is 11.5. The molecule has 0 aliphatic rings. The maximum absolute atomic E-state index is 12.2. The number of carbonyl (C=O) groups excluding carboxylic acids is 2. The zero-order chi connectivity index (χ0) is 18.9. The third-order valence-corrected chi connectivity index (χ3v) is 3.82. The van der Waals surface area contributed by atoms with Gasteiger partial charge in [0.2, 0.25) is 0 Å². The first-order valence-corrected chi connectivity index (χ1v) is 8.39. The van der Waals surface area contributed by atoms with E-state index in [0.29, 0.717) is 35.7 Å². The molecule has 0 atom stereocenters. The number of nitrogens with one attached hydrogen (secondary N) is 1. The standard InChI is InChI=1S/C20H21N3O3/c1-3-23(4-2)20(25)16-7-9-17(10-8-16)22-19(24)14-26-18-11-5-15(13-21)6-12-18/h5-12H,3-4,14H2,1-2H3,(H,22,24). The lowest BCUT2D eigenvalue weighted by atomic mass is 10.2. The van der Waals surface area contributed by atoms with Crippen molar-refractivity contribution in [1.82, 2.24) is 4.90 Å². The van der Waals surface area contributed by atoms with Gasteiger partial charge in [-0.25, -0.2) is 0 Å². The van der Waals surface area contributed by atoms with Crippen LogP contribution in [0.2, 0.25) is 0 Å². The highest BCUT2D eigenvalue weighted by molar-refractivity contribution is 5.96. The van der Waals surface area contributed by atoms with E-state index in [1.165, 1.54) is 0 Å². The van der Waals surface area contributed by atoms with Crippen molar-refractivity contribution in [2.75, 3.05) is 25.0 Å². The summed E-state index contributed by atoms with van der Waals surface area (Å²) in [6.07, 6.45) is 0. The van der Waals surface area contributed by atoms with Gasteiger partial charge in [0.1, 0.15) is 5.75 Å². The van der Waals surface area contributed by atoms with E-state index >= 15 is 0 Å². The average molecular weight is 351 g/mol. The molecule has 6 nitrogen and oxygen atoms in total. The molecule has 0 bridgehead atoms. The lowest BCUT2D eigenvalue weighted by Gasteiger charge is -2.18. The first-order valence-electron chi connectivity index (χ1n) is 8.39. The van der Waals surface area contributed by atoms with Crippen LogP contribution < -0.4 is 10.1 Å². The highest BCUT2D eigenvalue weighted by atomic mass is 16.5. The van der Waals surface area contributed by atoms with E-state index in [2.05, 4.69) is 5.32 Å². The monoisotopic (exact) mass is 351 g/mol. The van der Waals surface area contributed by atoms with Crippen LogP contribution in [0.5, 0.6) is 5.75 Å². The summed E-state index contributed by atoms with van der Waals surface area (Å²) < 4.78 is 5.38. The van der Waals surface area contributed by atoms with Crippen molar-refractivity contribution in [3.8, 4) is 11.8 Å². The van der Waals surface area contributed by atoms with Gasteiger partial charge in [-0.2, -0.15) is 5.26 Å². The van der Waals surface area contributed by atoms with E-state index in [1.807, 2.05) is 19.9 Å². The normalized spacial score (nSPS) is 9.88. The molecule has 0 saturated carbocycles. The molecule has 0 unspecified atom stereocenters. The molecule has 0 spiro atoms. The number of nitriles is 1. The van der Waals surface area contributed by atoms with Crippen molar-refractivity contribution in [1.29, 1.82) is 5.26 Å². The second kappa shape index (κ2) is 9.23. The number of hydrogen-bond donors (Lipinski definition) is 1. The highest BCUT2D eigenvalue weighted by Crippen LogP contribution is 2.13. The van der Waals surface area contributed by atoms with Crippen LogP contribution in [0.4, 0.5) is 5.69 Å². The van der Waals surface area contributed by atoms with Gasteiger partial charge in [-0.15, -0.1) is 0 Å². The Morgan fingerprint density at radius 3 is 2.19 bits per heavy atom. The van der Waals surface area contributed by atoms with Crippen LogP contribution in [0.25, 0.3) is 0 Å². The van der Waals surface area contributed by atoms with Crippen molar-refractivity contribution in [2.45, 2.75) is 13.8 Å². The number of benzene rings is 2. The van der Waals surface area contributed by atoms with Crippen LogP contribution in [-0.2, 0) is 4.79 Å². The lowest BCUT2D eigenvalue weighted by Crippen LogP contribution is -2.30. The number of nitrogens with zero attached hydrogens (tertiary/aromatic N) is 2. The van der Waals surface area contributed by atoms with Crippen molar-refractivity contribution < 1.29 is 14.3 Å². The van der Waals surface area contributed by atoms with Crippen LogP contribution in [0.15, 0.2) is 48.5 Å². The smallest absolute Gasteiger partial charge is 0.262 e. The molecule has 0 aromatic heterocycles. The molecule has 0 aliphatic carbocycles. The van der Waals surface area contributed by atoms with Gasteiger partial charge in [0.15, 0.2) is 6.61 Å². The molecule has 0 fully saturated rings. The number of anilines is 1. The van der Waals surface area contributed by atoms with E-state index in [-0.39, 0.29) is 18.4 Å². The predicted octanol–water partition coefficient (Wildman–Crippen LogP) is 3.06. The van der Waals surface area contributed by atoms with Gasteiger partial charge in [0.25, 0.3) is 11.8 Å². The first-order chi connectivity index (χ1) is 12.6. The minimum atomic E-state index is -0.308. The first kappa shape index (κ1) is 19.0. The van der Waals surface area contributed by atoms with Crippen LogP contribution >= 0.6 is 0 Å². The predicted molar refractivity (Wildman–Crippen MR) is 99.0 cm³/mol. The Morgan fingerprint density at radius 2 is 1.65 bits per heavy atom. The van der Waals surface area contributed by atoms with E-state index in [9.17, 15) is 9.59 Å². The Labute approximate surface area is 153 Å². The molecule has 0 radical (unpaired) electrons. The van der Waals surface area contributed by atoms with Crippen molar-refractivity contribution in [2.24, 2.45) is 0 Å². The Balaban J connectivity index is 1.88. The number of hydrogen-bond acceptors (Lipinski definition) is 4. The summed E-state index contributed by atoms with van der Waals surface area (Å²) in [5.41, 5.74) is 1.70. The maximum atomic E-state index is 12.2. The fourth-order valence-electron chi connectivity index (χ4n) is 2.36. The lowest BCUT2D eigenvalue weighted by molar-refractivity contribution is -0.118. The van der Waals surface area contributed by atoms with E-state index in [4.69, 9.17) is 10.00 Å². The molecule has 1 N–H and O–H groups in total. The molecule has 6 heteroatoms. The van der Waals surface area contributed by atoms with Crippen LogP contribution in [0, 0.1) is 11.3 Å². The zero-order valence-corrected chi connectivity index (χ0v) is 14.9. The largest absolute Gasteiger partial charge is 0.484 e. The molecular formula is C20H21N3O3. The Kier molecular flexibility index (Phi) is 6.75. The zero-order valence-electron chi connectivity index (χ0n) is 14.9. The van der Waals surface area contributed by atoms with Gasteiger partial charge < -0.3 is 15.0 Å². The van der Waals surface area contributed by atoms with Gasteiger partial charge in [-0.3, -0.25) is 9.59 Å². The minimum Gasteiger partial charge on any atom is -0.484 e. The third-order valence-electron chi connectivity index (χ3n) is 3.82. The SMILES string of the molecule is CCN(CC)C(=O)c1ccc(NC(=O)COc2ccc(C#N)cc2)cc1.